The first-order valence-corrected chi connectivity index (χ1v) is 5.11. The third-order valence-electron chi connectivity index (χ3n) is 2.25. The number of hydrogen-bond acceptors (Lipinski definition) is 4. The van der Waals surface area contributed by atoms with Crippen molar-refractivity contribution in [2.75, 3.05) is 0 Å². The van der Waals surface area contributed by atoms with Crippen LogP contribution in [0, 0.1) is 13.8 Å². The number of furan rings is 2. The van der Waals surface area contributed by atoms with Gasteiger partial charge in [-0.2, -0.15) is 0 Å². The van der Waals surface area contributed by atoms with E-state index in [1.165, 1.54) is 12.5 Å². The van der Waals surface area contributed by atoms with Crippen LogP contribution in [0.5, 0.6) is 0 Å². The molecule has 2 aromatic heterocycles. The van der Waals surface area contributed by atoms with Gasteiger partial charge in [-0.3, -0.25) is 9.59 Å². The minimum absolute atomic E-state index is 0.443. The predicted molar refractivity (Wildman–Crippen MR) is 63.9 cm³/mol. The van der Waals surface area contributed by atoms with Crippen molar-refractivity contribution in [2.24, 2.45) is 11.5 Å². The highest BCUT2D eigenvalue weighted by atomic mass is 16.3. The lowest BCUT2D eigenvalue weighted by Crippen LogP contribution is -2.10. The largest absolute Gasteiger partial charge is 0.469 e. The number of amides is 2. The maximum Gasteiger partial charge on any atom is 0.252 e. The Bertz CT molecular complexity index is 504. The van der Waals surface area contributed by atoms with E-state index in [-0.39, 0.29) is 0 Å². The number of nitrogens with two attached hydrogens (primary N) is 2. The Morgan fingerprint density at radius 1 is 0.889 bits per heavy atom. The molecule has 6 heteroatoms. The van der Waals surface area contributed by atoms with Crippen LogP contribution in [-0.2, 0) is 0 Å². The van der Waals surface area contributed by atoms with E-state index in [1.807, 2.05) is 0 Å². The first-order valence-electron chi connectivity index (χ1n) is 5.11. The molecule has 4 N–H and O–H groups in total. The summed E-state index contributed by atoms with van der Waals surface area (Å²) in [5, 5.41) is 0. The molecule has 0 bridgehead atoms. The van der Waals surface area contributed by atoms with Crippen molar-refractivity contribution in [1.82, 2.24) is 0 Å². The quantitative estimate of drug-likeness (QED) is 0.837. The maximum atomic E-state index is 10.4. The highest BCUT2D eigenvalue weighted by molar-refractivity contribution is 5.94. The van der Waals surface area contributed by atoms with Gasteiger partial charge in [0.25, 0.3) is 11.8 Å². The highest BCUT2D eigenvalue weighted by Gasteiger charge is 2.05. The summed E-state index contributed by atoms with van der Waals surface area (Å²) in [7, 11) is 0. The molecule has 2 heterocycles. The van der Waals surface area contributed by atoms with Gasteiger partial charge in [-0.05, 0) is 26.0 Å². The molecule has 2 aromatic rings. The van der Waals surface area contributed by atoms with E-state index < -0.39 is 11.8 Å². The van der Waals surface area contributed by atoms with Crippen LogP contribution >= 0.6 is 0 Å². The molecule has 0 aliphatic heterocycles. The summed E-state index contributed by atoms with van der Waals surface area (Å²) in [6.07, 6.45) is 2.88. The van der Waals surface area contributed by atoms with Gasteiger partial charge in [0.05, 0.1) is 23.7 Å². The van der Waals surface area contributed by atoms with E-state index in [4.69, 9.17) is 20.3 Å². The molecule has 2 rings (SSSR count). The van der Waals surface area contributed by atoms with E-state index in [1.54, 1.807) is 26.0 Å². The molecule has 2 amide bonds. The van der Waals surface area contributed by atoms with Gasteiger partial charge >= 0.3 is 0 Å². The molecule has 0 radical (unpaired) electrons. The van der Waals surface area contributed by atoms with Crippen LogP contribution in [0.2, 0.25) is 0 Å². The summed E-state index contributed by atoms with van der Waals surface area (Å²) in [6, 6.07) is 3.11. The summed E-state index contributed by atoms with van der Waals surface area (Å²) >= 11 is 0. The zero-order valence-electron chi connectivity index (χ0n) is 10.1. The smallest absolute Gasteiger partial charge is 0.252 e. The molecule has 18 heavy (non-hydrogen) atoms. The zero-order valence-corrected chi connectivity index (χ0v) is 10.1. The molecule has 0 aliphatic rings. The average molecular weight is 250 g/mol. The average Bonchev–Trinajstić information content (AvgIpc) is 2.87. The van der Waals surface area contributed by atoms with Crippen LogP contribution in [0.25, 0.3) is 0 Å². The van der Waals surface area contributed by atoms with E-state index in [0.29, 0.717) is 22.6 Å². The lowest BCUT2D eigenvalue weighted by molar-refractivity contribution is 0.0990. The minimum Gasteiger partial charge on any atom is -0.469 e. The maximum absolute atomic E-state index is 10.4. The fraction of sp³-hybridized carbons (Fsp3) is 0.167. The molecular formula is C12H14N2O4. The topological polar surface area (TPSA) is 112 Å². The van der Waals surface area contributed by atoms with E-state index in [9.17, 15) is 9.59 Å². The normalized spacial score (nSPS) is 9.44. The van der Waals surface area contributed by atoms with Gasteiger partial charge in [0.2, 0.25) is 0 Å². The predicted octanol–water partition coefficient (Wildman–Crippen LogP) is 1.37. The van der Waals surface area contributed by atoms with Crippen LogP contribution in [0.15, 0.2) is 33.5 Å². The third kappa shape index (κ3) is 3.24. The summed E-state index contributed by atoms with van der Waals surface area (Å²) < 4.78 is 9.65. The van der Waals surface area contributed by atoms with Gasteiger partial charge < -0.3 is 20.3 Å². The second kappa shape index (κ2) is 5.72. The second-order valence-corrected chi connectivity index (χ2v) is 3.51. The molecule has 6 nitrogen and oxygen atoms in total. The molecule has 0 atom stereocenters. The molecule has 0 saturated heterocycles. The van der Waals surface area contributed by atoms with Gasteiger partial charge in [-0.15, -0.1) is 0 Å². The zero-order chi connectivity index (χ0) is 13.7. The SMILES string of the molecule is Cc1occc1C(N)=O.Cc1occc1C(N)=O. The van der Waals surface area contributed by atoms with Gasteiger partial charge in [-0.1, -0.05) is 0 Å². The van der Waals surface area contributed by atoms with Gasteiger partial charge in [-0.25, -0.2) is 0 Å². The van der Waals surface area contributed by atoms with Crippen molar-refractivity contribution in [3.05, 3.63) is 47.3 Å². The number of carbonyl (C=O) groups is 2. The van der Waals surface area contributed by atoms with E-state index >= 15 is 0 Å². The molecule has 0 aliphatic carbocycles. The van der Waals surface area contributed by atoms with Gasteiger partial charge in [0, 0.05) is 0 Å². The summed E-state index contributed by atoms with van der Waals surface area (Å²) in [4.78, 5) is 20.9. The van der Waals surface area contributed by atoms with Crippen LogP contribution in [0.3, 0.4) is 0 Å². The van der Waals surface area contributed by atoms with Gasteiger partial charge in [0.1, 0.15) is 11.5 Å². The Morgan fingerprint density at radius 3 is 1.33 bits per heavy atom. The van der Waals surface area contributed by atoms with Crippen molar-refractivity contribution in [1.29, 1.82) is 0 Å². The number of aryl methyl sites for hydroxylation is 2. The molecular weight excluding hydrogens is 236 g/mol. The molecule has 96 valence electrons. The highest BCUT2D eigenvalue weighted by Crippen LogP contribution is 2.06. The van der Waals surface area contributed by atoms with Crippen LogP contribution in [0.1, 0.15) is 32.2 Å². The van der Waals surface area contributed by atoms with Crippen LogP contribution in [-0.4, -0.2) is 11.8 Å². The van der Waals surface area contributed by atoms with Crippen molar-refractivity contribution < 1.29 is 18.4 Å². The van der Waals surface area contributed by atoms with Gasteiger partial charge in [0.15, 0.2) is 0 Å². The van der Waals surface area contributed by atoms with Crippen molar-refractivity contribution >= 4 is 11.8 Å². The fourth-order valence-corrected chi connectivity index (χ4v) is 1.28. The monoisotopic (exact) mass is 250 g/mol. The standard InChI is InChI=1S/2C6H7NO2/c2*1-4-5(6(7)8)2-3-9-4/h2*2-3H,1H3,(H2,7,8). The number of primary amides is 2. The van der Waals surface area contributed by atoms with E-state index in [2.05, 4.69) is 0 Å². The Hall–Kier alpha value is -2.50. The summed E-state index contributed by atoms with van der Waals surface area (Å²) in [5.41, 5.74) is 10.8. The second-order valence-electron chi connectivity index (χ2n) is 3.51. The summed E-state index contributed by atoms with van der Waals surface area (Å²) in [6.45, 7) is 3.39. The lowest BCUT2D eigenvalue weighted by atomic mass is 10.2. The van der Waals surface area contributed by atoms with Crippen molar-refractivity contribution in [3.63, 3.8) is 0 Å². The van der Waals surface area contributed by atoms with E-state index in [0.717, 1.165) is 0 Å². The minimum atomic E-state index is -0.443. The Morgan fingerprint density at radius 2 is 1.22 bits per heavy atom. The van der Waals surface area contributed by atoms with Crippen molar-refractivity contribution in [3.8, 4) is 0 Å². The Kier molecular flexibility index (Phi) is 4.31. The number of rotatable bonds is 2. The molecule has 0 aromatic carbocycles. The molecule has 0 fully saturated rings. The lowest BCUT2D eigenvalue weighted by Gasteiger charge is -1.86. The van der Waals surface area contributed by atoms with Crippen LogP contribution < -0.4 is 11.5 Å². The third-order valence-corrected chi connectivity index (χ3v) is 2.25. The fourth-order valence-electron chi connectivity index (χ4n) is 1.28. The Balaban J connectivity index is 0.000000180. The molecule has 0 unspecified atom stereocenters. The molecule has 0 spiro atoms. The number of hydrogen-bond donors (Lipinski definition) is 2. The molecule has 0 saturated carbocycles. The summed E-state index contributed by atoms with van der Waals surface area (Å²) in [5.74, 6) is 0.257. The van der Waals surface area contributed by atoms with Crippen LogP contribution in [0.4, 0.5) is 0 Å². The first-order chi connectivity index (χ1) is 8.43. The van der Waals surface area contributed by atoms with Crippen molar-refractivity contribution in [2.45, 2.75) is 13.8 Å². The Labute approximate surface area is 104 Å². The first kappa shape index (κ1) is 13.6. The number of carbonyl (C=O) groups excluding carboxylic acids is 2.